The molecule has 1 amide bonds. The lowest BCUT2D eigenvalue weighted by molar-refractivity contribution is -0.132. The van der Waals surface area contributed by atoms with Gasteiger partial charge in [-0.3, -0.25) is 9.59 Å². The normalized spacial score (nSPS) is 32.9. The lowest BCUT2D eigenvalue weighted by Crippen LogP contribution is -2.52. The van der Waals surface area contributed by atoms with Crippen LogP contribution in [0.1, 0.15) is 64.0 Å². The first-order chi connectivity index (χ1) is 15.0. The molecule has 32 heavy (non-hydrogen) atoms. The van der Waals surface area contributed by atoms with E-state index in [4.69, 9.17) is 0 Å². The van der Waals surface area contributed by atoms with E-state index in [0.29, 0.717) is 19.5 Å². The SMILES string of the molecule is CC(=O)NC1C(=O)[C@]2(CS(=O)(=O)N3CCC4(CCc5ccccc54)CC3)CCC1C2(C)C. The Kier molecular flexibility index (Phi) is 4.92. The van der Waals surface area contributed by atoms with E-state index in [2.05, 4.69) is 29.6 Å². The van der Waals surface area contributed by atoms with Crippen molar-refractivity contribution in [2.24, 2.45) is 16.7 Å². The molecule has 0 aromatic heterocycles. The van der Waals surface area contributed by atoms with Gasteiger partial charge in [0.05, 0.1) is 17.2 Å². The van der Waals surface area contributed by atoms with Crippen molar-refractivity contribution in [3.8, 4) is 0 Å². The third-order valence-corrected chi connectivity index (χ3v) is 11.5. The summed E-state index contributed by atoms with van der Waals surface area (Å²) in [5, 5.41) is 2.81. The third-order valence-electron chi connectivity index (χ3n) is 9.52. The summed E-state index contributed by atoms with van der Waals surface area (Å²) >= 11 is 0. The van der Waals surface area contributed by atoms with Gasteiger partial charge in [-0.05, 0) is 66.4 Å². The number of Topliss-reactive ketones (excluding diaryl/α,β-unsaturated/α-hetero) is 1. The van der Waals surface area contributed by atoms with Crippen LogP contribution in [0.2, 0.25) is 0 Å². The predicted molar refractivity (Wildman–Crippen MR) is 123 cm³/mol. The molecule has 5 rings (SSSR count). The minimum absolute atomic E-state index is 0.00582. The van der Waals surface area contributed by atoms with Crippen LogP contribution in [-0.2, 0) is 31.4 Å². The van der Waals surface area contributed by atoms with Gasteiger partial charge in [-0.1, -0.05) is 38.1 Å². The lowest BCUT2D eigenvalue weighted by Gasteiger charge is -2.42. The molecule has 1 spiro atoms. The van der Waals surface area contributed by atoms with Crippen molar-refractivity contribution < 1.29 is 18.0 Å². The highest BCUT2D eigenvalue weighted by Gasteiger charge is 2.70. The van der Waals surface area contributed by atoms with Crippen molar-refractivity contribution in [3.63, 3.8) is 0 Å². The second-order valence-electron chi connectivity index (χ2n) is 11.1. The van der Waals surface area contributed by atoms with Crippen molar-refractivity contribution in [2.75, 3.05) is 18.8 Å². The number of hydrogen-bond donors (Lipinski definition) is 1. The standard InChI is InChI=1S/C25H34N2O4S/c1-17(28)26-21-20-9-11-25(22(21)29,23(20,2)3)16-32(30,31)27-14-12-24(13-15-27)10-8-18-6-4-5-7-19(18)24/h4-7,20-21H,8-16H2,1-3H3,(H,26,28)/t20?,21?,25-/m1/s1. The molecule has 0 radical (unpaired) electrons. The van der Waals surface area contributed by atoms with Crippen LogP contribution < -0.4 is 5.32 Å². The molecule has 2 saturated carbocycles. The van der Waals surface area contributed by atoms with Gasteiger partial charge in [0.15, 0.2) is 5.78 Å². The van der Waals surface area contributed by atoms with Gasteiger partial charge in [0.1, 0.15) is 0 Å². The molecular weight excluding hydrogens is 424 g/mol. The first-order valence-corrected chi connectivity index (χ1v) is 13.5. The summed E-state index contributed by atoms with van der Waals surface area (Å²) in [6.45, 7) is 6.47. The maximum Gasteiger partial charge on any atom is 0.217 e. The van der Waals surface area contributed by atoms with Gasteiger partial charge in [0.2, 0.25) is 15.9 Å². The Labute approximate surface area is 191 Å². The fraction of sp³-hybridized carbons (Fsp3) is 0.680. The number of hydrogen-bond acceptors (Lipinski definition) is 4. The summed E-state index contributed by atoms with van der Waals surface area (Å²) in [5.41, 5.74) is 1.53. The van der Waals surface area contributed by atoms with Crippen LogP contribution >= 0.6 is 0 Å². The number of piperidine rings is 1. The number of ketones is 1. The number of carbonyl (C=O) groups is 2. The number of sulfonamides is 1. The minimum atomic E-state index is -3.59. The summed E-state index contributed by atoms with van der Waals surface area (Å²) < 4.78 is 28.9. The summed E-state index contributed by atoms with van der Waals surface area (Å²) in [6.07, 6.45) is 5.20. The molecule has 174 valence electrons. The summed E-state index contributed by atoms with van der Waals surface area (Å²) in [6, 6.07) is 8.02. The molecule has 1 aliphatic heterocycles. The average Bonchev–Trinajstić information content (AvgIpc) is 3.25. The zero-order valence-electron chi connectivity index (χ0n) is 19.3. The van der Waals surface area contributed by atoms with Crippen LogP contribution in [0, 0.1) is 16.7 Å². The molecule has 7 heteroatoms. The van der Waals surface area contributed by atoms with E-state index in [9.17, 15) is 18.0 Å². The van der Waals surface area contributed by atoms with Crippen molar-refractivity contribution in [1.29, 1.82) is 0 Å². The Morgan fingerprint density at radius 2 is 1.81 bits per heavy atom. The minimum Gasteiger partial charge on any atom is -0.346 e. The molecule has 6 nitrogen and oxygen atoms in total. The number of benzene rings is 1. The highest BCUT2D eigenvalue weighted by Crippen LogP contribution is 2.64. The van der Waals surface area contributed by atoms with E-state index in [1.807, 2.05) is 13.8 Å². The fourth-order valence-corrected chi connectivity index (χ4v) is 9.74. The van der Waals surface area contributed by atoms with Gasteiger partial charge < -0.3 is 5.32 Å². The Bertz CT molecular complexity index is 1070. The van der Waals surface area contributed by atoms with E-state index < -0.39 is 26.9 Å². The Morgan fingerprint density at radius 3 is 2.50 bits per heavy atom. The second-order valence-corrected chi connectivity index (χ2v) is 13.1. The van der Waals surface area contributed by atoms with Crippen LogP contribution in [0.3, 0.4) is 0 Å². The van der Waals surface area contributed by atoms with E-state index >= 15 is 0 Å². The zero-order chi connectivity index (χ0) is 22.9. The van der Waals surface area contributed by atoms with Gasteiger partial charge in [0.25, 0.3) is 0 Å². The molecule has 1 aromatic carbocycles. The maximum absolute atomic E-state index is 13.6. The molecule has 3 fully saturated rings. The van der Waals surface area contributed by atoms with E-state index in [-0.39, 0.29) is 28.8 Å². The monoisotopic (exact) mass is 458 g/mol. The number of aryl methyl sites for hydroxylation is 1. The first kappa shape index (κ1) is 22.1. The first-order valence-electron chi connectivity index (χ1n) is 11.9. The molecule has 2 bridgehead atoms. The highest BCUT2D eigenvalue weighted by molar-refractivity contribution is 7.89. The fourth-order valence-electron chi connectivity index (χ4n) is 7.54. The second kappa shape index (κ2) is 7.13. The smallest absolute Gasteiger partial charge is 0.217 e. The Morgan fingerprint density at radius 1 is 1.12 bits per heavy atom. The number of rotatable bonds is 4. The van der Waals surface area contributed by atoms with Crippen molar-refractivity contribution in [3.05, 3.63) is 35.4 Å². The molecule has 3 aliphatic carbocycles. The van der Waals surface area contributed by atoms with Gasteiger partial charge in [-0.25, -0.2) is 12.7 Å². The number of nitrogens with zero attached hydrogens (tertiary/aromatic N) is 1. The van der Waals surface area contributed by atoms with Crippen LogP contribution in [0.5, 0.6) is 0 Å². The predicted octanol–water partition coefficient (Wildman–Crippen LogP) is 2.81. The zero-order valence-corrected chi connectivity index (χ0v) is 20.1. The molecule has 1 aromatic rings. The van der Waals surface area contributed by atoms with Crippen molar-refractivity contribution in [1.82, 2.24) is 9.62 Å². The topological polar surface area (TPSA) is 83.5 Å². The molecule has 1 N–H and O–H groups in total. The molecule has 1 saturated heterocycles. The third kappa shape index (κ3) is 2.96. The number of amides is 1. The summed E-state index contributed by atoms with van der Waals surface area (Å²) in [5.74, 6) is -0.463. The van der Waals surface area contributed by atoms with Gasteiger partial charge in [-0.2, -0.15) is 0 Å². The number of carbonyl (C=O) groups excluding carboxylic acids is 2. The van der Waals surface area contributed by atoms with Gasteiger partial charge >= 0.3 is 0 Å². The molecule has 2 unspecified atom stereocenters. The average molecular weight is 459 g/mol. The quantitative estimate of drug-likeness (QED) is 0.752. The van der Waals surface area contributed by atoms with Gasteiger partial charge in [-0.15, -0.1) is 0 Å². The van der Waals surface area contributed by atoms with E-state index in [1.165, 1.54) is 18.1 Å². The highest BCUT2D eigenvalue weighted by atomic mass is 32.2. The van der Waals surface area contributed by atoms with Crippen molar-refractivity contribution in [2.45, 2.75) is 70.8 Å². The van der Waals surface area contributed by atoms with Crippen LogP contribution in [0.25, 0.3) is 0 Å². The molecular formula is C25H34N2O4S. The molecule has 1 heterocycles. The van der Waals surface area contributed by atoms with Gasteiger partial charge in [0, 0.05) is 20.0 Å². The Balaban J connectivity index is 1.35. The maximum atomic E-state index is 13.6. The summed E-state index contributed by atoms with van der Waals surface area (Å²) in [7, 11) is -3.59. The molecule has 4 aliphatic rings. The number of nitrogens with one attached hydrogen (secondary N) is 1. The van der Waals surface area contributed by atoms with E-state index in [1.54, 1.807) is 4.31 Å². The summed E-state index contributed by atoms with van der Waals surface area (Å²) in [4.78, 5) is 25.1. The van der Waals surface area contributed by atoms with Crippen LogP contribution in [0.15, 0.2) is 24.3 Å². The lowest BCUT2D eigenvalue weighted by atomic mass is 9.70. The largest absolute Gasteiger partial charge is 0.346 e. The van der Waals surface area contributed by atoms with Crippen molar-refractivity contribution >= 4 is 21.7 Å². The number of fused-ring (bicyclic) bond motifs is 4. The molecule has 3 atom stereocenters. The van der Waals surface area contributed by atoms with Crippen LogP contribution in [-0.4, -0.2) is 49.3 Å². The van der Waals surface area contributed by atoms with E-state index in [0.717, 1.165) is 32.1 Å². The van der Waals surface area contributed by atoms with Crippen LogP contribution in [0.4, 0.5) is 0 Å². The Hall–Kier alpha value is -1.73.